The van der Waals surface area contributed by atoms with Crippen LogP contribution in [0.2, 0.25) is 5.02 Å². The Labute approximate surface area is 142 Å². The lowest BCUT2D eigenvalue weighted by molar-refractivity contribution is 0.600. The quantitative estimate of drug-likeness (QED) is 0.745. The third-order valence-corrected chi connectivity index (χ3v) is 5.33. The van der Waals surface area contributed by atoms with Crippen molar-refractivity contribution in [2.75, 3.05) is 4.72 Å². The second-order valence-corrected chi connectivity index (χ2v) is 7.32. The van der Waals surface area contributed by atoms with Gasteiger partial charge in [0.05, 0.1) is 5.02 Å². The predicted octanol–water partition coefficient (Wildman–Crippen LogP) is 3.43. The Morgan fingerprint density at radius 3 is 2.58 bits per heavy atom. The number of halogens is 2. The van der Waals surface area contributed by atoms with Gasteiger partial charge in [-0.3, -0.25) is 9.52 Å². The summed E-state index contributed by atoms with van der Waals surface area (Å²) in [4.78, 5) is 14.1. The van der Waals surface area contributed by atoms with Crippen LogP contribution in [0.5, 0.6) is 0 Å². The van der Waals surface area contributed by atoms with Crippen LogP contribution in [0.4, 0.5) is 10.1 Å². The summed E-state index contributed by atoms with van der Waals surface area (Å²) in [7, 11) is -3.97. The molecule has 0 aliphatic heterocycles. The van der Waals surface area contributed by atoms with Gasteiger partial charge in [0.1, 0.15) is 10.7 Å². The number of aromatic amines is 1. The maximum absolute atomic E-state index is 13.1. The largest absolute Gasteiger partial charge is 0.322 e. The Kier molecular flexibility index (Phi) is 4.06. The Morgan fingerprint density at radius 2 is 1.88 bits per heavy atom. The molecule has 0 spiro atoms. The first-order valence-electron chi connectivity index (χ1n) is 6.88. The molecule has 2 N–H and O–H groups in total. The van der Waals surface area contributed by atoms with Crippen molar-refractivity contribution in [2.24, 2.45) is 0 Å². The van der Waals surface area contributed by atoms with Crippen LogP contribution >= 0.6 is 11.6 Å². The number of hydrogen-bond donors (Lipinski definition) is 2. The van der Waals surface area contributed by atoms with Gasteiger partial charge in [0.25, 0.3) is 15.6 Å². The van der Waals surface area contributed by atoms with Gasteiger partial charge in [-0.1, -0.05) is 11.6 Å². The van der Waals surface area contributed by atoms with Crippen molar-refractivity contribution in [3.05, 3.63) is 69.2 Å². The van der Waals surface area contributed by atoms with Gasteiger partial charge in [-0.05, 0) is 49.4 Å². The van der Waals surface area contributed by atoms with Crippen molar-refractivity contribution in [3.63, 3.8) is 0 Å². The maximum atomic E-state index is 13.1. The highest BCUT2D eigenvalue weighted by atomic mass is 35.5. The van der Waals surface area contributed by atoms with E-state index >= 15 is 0 Å². The van der Waals surface area contributed by atoms with E-state index in [2.05, 4.69) is 9.71 Å². The van der Waals surface area contributed by atoms with E-state index in [0.717, 1.165) is 18.2 Å². The summed E-state index contributed by atoms with van der Waals surface area (Å²) in [6, 6.07) is 9.43. The average Bonchev–Trinajstić information content (AvgIpc) is 2.48. The van der Waals surface area contributed by atoms with Crippen LogP contribution in [-0.4, -0.2) is 13.4 Å². The van der Waals surface area contributed by atoms with Crippen molar-refractivity contribution in [1.29, 1.82) is 0 Å². The molecule has 0 bridgehead atoms. The molecule has 0 saturated carbocycles. The minimum absolute atomic E-state index is 0.200. The van der Waals surface area contributed by atoms with Gasteiger partial charge in [0, 0.05) is 22.2 Å². The number of sulfonamides is 1. The summed E-state index contributed by atoms with van der Waals surface area (Å²) in [5, 5.41) is 0.473. The van der Waals surface area contributed by atoms with Crippen LogP contribution in [0.25, 0.3) is 10.9 Å². The van der Waals surface area contributed by atoms with Gasteiger partial charge in [0.15, 0.2) is 0 Å². The molecular formula is C16H12ClFN2O3S. The Hall–Kier alpha value is -2.38. The number of aryl methyl sites for hydroxylation is 1. The van der Waals surface area contributed by atoms with E-state index in [-0.39, 0.29) is 15.5 Å². The lowest BCUT2D eigenvalue weighted by atomic mass is 10.1. The summed E-state index contributed by atoms with van der Waals surface area (Å²) in [6.07, 6.45) is 0. The number of H-pyrrole nitrogens is 1. The van der Waals surface area contributed by atoms with Gasteiger partial charge in [0.2, 0.25) is 0 Å². The first kappa shape index (κ1) is 16.5. The smallest absolute Gasteiger partial charge is 0.263 e. The molecule has 0 fully saturated rings. The Bertz CT molecular complexity index is 1110. The van der Waals surface area contributed by atoms with Gasteiger partial charge < -0.3 is 4.98 Å². The minimum atomic E-state index is -3.97. The number of hydrogen-bond acceptors (Lipinski definition) is 3. The Morgan fingerprint density at radius 1 is 1.12 bits per heavy atom. The summed E-state index contributed by atoms with van der Waals surface area (Å²) in [5.41, 5.74) is 1.21. The molecular weight excluding hydrogens is 355 g/mol. The van der Waals surface area contributed by atoms with E-state index in [4.69, 9.17) is 11.6 Å². The SMILES string of the molecule is Cc1cc2cc(NS(=O)(=O)c3ccc(F)cc3Cl)ccc2[nH]c1=O. The van der Waals surface area contributed by atoms with Gasteiger partial charge in [-0.25, -0.2) is 12.8 Å². The zero-order chi connectivity index (χ0) is 17.5. The van der Waals surface area contributed by atoms with E-state index in [1.54, 1.807) is 25.1 Å². The molecule has 1 aromatic heterocycles. The van der Waals surface area contributed by atoms with E-state index in [9.17, 15) is 17.6 Å². The van der Waals surface area contributed by atoms with E-state index in [1.165, 1.54) is 6.07 Å². The second-order valence-electron chi connectivity index (χ2n) is 5.26. The van der Waals surface area contributed by atoms with Crippen molar-refractivity contribution in [2.45, 2.75) is 11.8 Å². The fourth-order valence-corrected chi connectivity index (χ4v) is 3.86. The summed E-state index contributed by atoms with van der Waals surface area (Å²) in [5.74, 6) is -0.621. The highest BCUT2D eigenvalue weighted by molar-refractivity contribution is 7.92. The molecule has 0 amide bonds. The minimum Gasteiger partial charge on any atom is -0.322 e. The number of fused-ring (bicyclic) bond motifs is 1. The van der Waals surface area contributed by atoms with Crippen LogP contribution in [-0.2, 0) is 10.0 Å². The molecule has 8 heteroatoms. The number of aromatic nitrogens is 1. The van der Waals surface area contributed by atoms with Crippen molar-refractivity contribution in [3.8, 4) is 0 Å². The highest BCUT2D eigenvalue weighted by Gasteiger charge is 2.18. The van der Waals surface area contributed by atoms with E-state index < -0.39 is 15.8 Å². The molecule has 0 radical (unpaired) electrons. The molecule has 2 aromatic carbocycles. The zero-order valence-electron chi connectivity index (χ0n) is 12.4. The fraction of sp³-hybridized carbons (Fsp3) is 0.0625. The lowest BCUT2D eigenvalue weighted by Crippen LogP contribution is -2.14. The topological polar surface area (TPSA) is 79.0 Å². The zero-order valence-corrected chi connectivity index (χ0v) is 14.0. The van der Waals surface area contributed by atoms with Gasteiger partial charge in [-0.15, -0.1) is 0 Å². The molecule has 1 heterocycles. The molecule has 0 saturated heterocycles. The second kappa shape index (κ2) is 5.92. The number of rotatable bonds is 3. The normalized spacial score (nSPS) is 11.6. The van der Waals surface area contributed by atoms with Crippen LogP contribution in [0.1, 0.15) is 5.56 Å². The maximum Gasteiger partial charge on any atom is 0.263 e. The fourth-order valence-electron chi connectivity index (χ4n) is 2.28. The predicted molar refractivity (Wildman–Crippen MR) is 91.5 cm³/mol. The first-order chi connectivity index (χ1) is 11.3. The summed E-state index contributed by atoms with van der Waals surface area (Å²) >= 11 is 5.81. The number of nitrogens with one attached hydrogen (secondary N) is 2. The van der Waals surface area contributed by atoms with Crippen LogP contribution in [0.3, 0.4) is 0 Å². The number of anilines is 1. The average molecular weight is 367 g/mol. The first-order valence-corrected chi connectivity index (χ1v) is 8.74. The van der Waals surface area contributed by atoms with E-state index in [1.807, 2.05) is 0 Å². The molecule has 5 nitrogen and oxygen atoms in total. The molecule has 3 aromatic rings. The molecule has 0 atom stereocenters. The van der Waals surface area contributed by atoms with Crippen molar-refractivity contribution >= 4 is 38.2 Å². The third-order valence-electron chi connectivity index (χ3n) is 3.47. The van der Waals surface area contributed by atoms with Crippen molar-refractivity contribution in [1.82, 2.24) is 4.98 Å². The monoisotopic (exact) mass is 366 g/mol. The lowest BCUT2D eigenvalue weighted by Gasteiger charge is -2.10. The van der Waals surface area contributed by atoms with Crippen molar-refractivity contribution < 1.29 is 12.8 Å². The van der Waals surface area contributed by atoms with Crippen LogP contribution in [0.15, 0.2) is 52.2 Å². The molecule has 0 aliphatic carbocycles. The third kappa shape index (κ3) is 3.13. The summed E-state index contributed by atoms with van der Waals surface area (Å²) in [6.45, 7) is 1.66. The van der Waals surface area contributed by atoms with Crippen LogP contribution < -0.4 is 10.3 Å². The molecule has 124 valence electrons. The number of pyridine rings is 1. The molecule has 0 aliphatic rings. The molecule has 3 rings (SSSR count). The van der Waals surface area contributed by atoms with E-state index in [0.29, 0.717) is 22.2 Å². The van der Waals surface area contributed by atoms with Crippen LogP contribution in [0, 0.1) is 12.7 Å². The summed E-state index contributed by atoms with van der Waals surface area (Å²) < 4.78 is 40.3. The van der Waals surface area contributed by atoms with Gasteiger partial charge in [-0.2, -0.15) is 0 Å². The Balaban J connectivity index is 2.02. The van der Waals surface area contributed by atoms with Gasteiger partial charge >= 0.3 is 0 Å². The molecule has 24 heavy (non-hydrogen) atoms. The molecule has 0 unspecified atom stereocenters. The standard InChI is InChI=1S/C16H12ClFN2O3S/c1-9-6-10-7-12(3-4-14(10)19-16(9)21)20-24(22,23)15-5-2-11(18)8-13(15)17/h2-8,20H,1H3,(H,19,21). The number of benzene rings is 2. The highest BCUT2D eigenvalue weighted by Crippen LogP contribution is 2.25.